The third kappa shape index (κ3) is 30.1. The van der Waals surface area contributed by atoms with Crippen LogP contribution >= 0.6 is 0 Å². The van der Waals surface area contributed by atoms with Gasteiger partial charge in [0.05, 0.1) is 67.8 Å². The number of ether oxygens (including phenoxy) is 7. The Bertz CT molecular complexity index is 5870. The van der Waals surface area contributed by atoms with Crippen molar-refractivity contribution in [2.45, 2.75) is 139 Å². The third-order valence-corrected chi connectivity index (χ3v) is 23.4. The zero-order chi connectivity index (χ0) is 98.7. The van der Waals surface area contributed by atoms with E-state index in [9.17, 15) is 63.4 Å². The number of esters is 7. The van der Waals surface area contributed by atoms with E-state index in [1.807, 2.05) is 115 Å². The zero-order valence-corrected chi connectivity index (χ0v) is 80.1. The summed E-state index contributed by atoms with van der Waals surface area (Å²) in [6.07, 6.45) is 27.8. The second kappa shape index (κ2) is 52.7. The number of carbonyl (C=O) groups excluding carboxylic acids is 8. The number of carboxylic acids is 1. The predicted octanol–water partition coefficient (Wildman–Crippen LogP) is 13.0. The number of aromatic nitrogens is 7. The van der Waals surface area contributed by atoms with Crippen LogP contribution in [0.3, 0.4) is 0 Å². The standard InChI is InChI=1S/C18H21NO2.C12H18N2O2.C12H17NO2.C11H12N2O2.C11H15NO2.C11H11NO2.C10H10N2O5.C10H14N2O2.C6H6N2O2/c1-2-21-18(20)16-10-15-8-9-19(13-17(15)11-16)12-14-6-4-3-5-7-14;1-4-16-12(15)10-7-9-5-6-13(2)8-11(9)14(10)3;1-3-15-12(14)10-6-9-4-5-13(2)8-11(9)7-10;1-3-15-11(14)9-6-8-4-5-12-7-10(8)13(9)2;2*1-2-14-11(13)9-5-8-3-4-12-7-10(8)6-9;1-2-17-10(14)9(13)5-7-3-4-11-6-8(7)12(15)16;1-11-4-3-7-5-8(10(13)14)12(2)9(7)6-11;1-5-2-3-7-4-6(5)8(9)10/h3-7,10H,2,8-9,11-13H2,1H3;7H,4-6,8H2,1-3H3;6H,3-5,7-8H2,1-2H3;4-7H,3H2,1-2H3;5,12H,2-4,6-7H2,1H3;3-5,7H,2,6H2,1H3;3-4,6H,2,5H2,1H3;5H,3-4,6H2,1-2H3,(H,13,14);2-4H,1H3. The summed E-state index contributed by atoms with van der Waals surface area (Å²) >= 11 is 0. The van der Waals surface area contributed by atoms with Crippen LogP contribution in [0.5, 0.6) is 0 Å². The summed E-state index contributed by atoms with van der Waals surface area (Å²) in [6, 6.07) is 22.8. The molecule has 35 heteroatoms. The summed E-state index contributed by atoms with van der Waals surface area (Å²) in [5, 5.41) is 34.1. The van der Waals surface area contributed by atoms with E-state index in [2.05, 4.69) is 95.0 Å². The number of pyridine rings is 4. The lowest BCUT2D eigenvalue weighted by molar-refractivity contribution is -0.385. The molecule has 0 bridgehead atoms. The van der Waals surface area contributed by atoms with Crippen LogP contribution in [0.25, 0.3) is 17.0 Å². The van der Waals surface area contributed by atoms with Gasteiger partial charge in [0.25, 0.3) is 11.4 Å². The Kier molecular flexibility index (Phi) is 41.0. The Morgan fingerprint density at radius 1 is 0.441 bits per heavy atom. The average Bonchev–Trinajstić information content (AvgIpc) is 1.65. The first-order valence-corrected chi connectivity index (χ1v) is 45.6. The minimum atomic E-state index is -0.987. The molecule has 1 aromatic carbocycles. The first-order valence-electron chi connectivity index (χ1n) is 45.6. The van der Waals surface area contributed by atoms with Gasteiger partial charge in [-0.1, -0.05) is 30.3 Å². The van der Waals surface area contributed by atoms with Crippen molar-refractivity contribution >= 4 is 81.9 Å². The molecule has 0 saturated carbocycles. The first kappa shape index (κ1) is 106. The van der Waals surface area contributed by atoms with E-state index in [4.69, 9.17) is 33.5 Å². The minimum absolute atomic E-state index is 0.0718. The van der Waals surface area contributed by atoms with Gasteiger partial charge in [-0.15, -0.1) is 0 Å². The van der Waals surface area contributed by atoms with Crippen molar-refractivity contribution in [3.8, 4) is 0 Å². The van der Waals surface area contributed by atoms with Gasteiger partial charge in [-0.2, -0.15) is 0 Å². The molecule has 8 aromatic rings. The van der Waals surface area contributed by atoms with Crippen LogP contribution in [0.4, 0.5) is 11.4 Å². The molecule has 0 radical (unpaired) electrons. The van der Waals surface area contributed by atoms with Crippen LogP contribution in [0.2, 0.25) is 0 Å². The molecule has 9 aliphatic rings. The number of nitrogens with one attached hydrogen (secondary N) is 1. The highest BCUT2D eigenvalue weighted by molar-refractivity contribution is 6.34. The zero-order valence-electron chi connectivity index (χ0n) is 80.1. The molecular weight excluding hydrogens is 1750 g/mol. The maximum absolute atomic E-state index is 11.8. The summed E-state index contributed by atoms with van der Waals surface area (Å²) in [4.78, 5) is 147. The van der Waals surface area contributed by atoms with Gasteiger partial charge in [0.2, 0.25) is 5.78 Å². The first-order chi connectivity index (χ1) is 65.3. The molecule has 17 rings (SSSR count). The second-order valence-corrected chi connectivity index (χ2v) is 33.0. The lowest BCUT2D eigenvalue weighted by Gasteiger charge is -2.28. The Hall–Kier alpha value is -13.9. The fraction of sp³-hybridized carbons (Fsp3) is 0.416. The normalized spacial score (nSPS) is 15.3. The van der Waals surface area contributed by atoms with Crippen LogP contribution in [0.1, 0.15) is 169 Å². The van der Waals surface area contributed by atoms with Crippen LogP contribution in [0, 0.1) is 27.2 Å². The molecule has 5 aliphatic heterocycles. The fourth-order valence-corrected chi connectivity index (χ4v) is 16.3. The predicted molar refractivity (Wildman–Crippen MR) is 510 cm³/mol. The molecule has 4 aliphatic carbocycles. The van der Waals surface area contributed by atoms with Crippen molar-refractivity contribution < 1.29 is 91.3 Å². The number of hydrogen-bond donors (Lipinski definition) is 2. The topological polar surface area (TPSA) is 416 Å². The van der Waals surface area contributed by atoms with E-state index >= 15 is 0 Å². The molecule has 12 heterocycles. The molecular formula is C101H124N14O21. The molecule has 0 amide bonds. The van der Waals surface area contributed by atoms with Gasteiger partial charge in [0.15, 0.2) is 0 Å². The number of allylic oxidation sites excluding steroid dienone is 3. The molecule has 724 valence electrons. The van der Waals surface area contributed by atoms with E-state index in [-0.39, 0.29) is 65.8 Å². The van der Waals surface area contributed by atoms with E-state index in [0.29, 0.717) is 68.7 Å². The molecule has 136 heavy (non-hydrogen) atoms. The number of carbonyl (C=O) groups is 9. The van der Waals surface area contributed by atoms with Gasteiger partial charge in [-0.25, -0.2) is 38.4 Å². The molecule has 0 saturated heterocycles. The smallest absolute Gasteiger partial charge is 0.374 e. The molecule has 7 aromatic heterocycles. The number of hydrogen-bond acceptors (Lipinski definition) is 29. The molecule has 0 atom stereocenters. The summed E-state index contributed by atoms with van der Waals surface area (Å²) in [6.45, 7) is 27.7. The quantitative estimate of drug-likeness (QED) is 0.0222. The second-order valence-electron chi connectivity index (χ2n) is 33.0. The molecule has 0 unspecified atom stereocenters. The fourth-order valence-electron chi connectivity index (χ4n) is 16.3. The number of carboxylic acid groups (broad SMARTS) is 1. The largest absolute Gasteiger partial charge is 0.477 e. The highest BCUT2D eigenvalue weighted by Gasteiger charge is 2.31. The van der Waals surface area contributed by atoms with E-state index < -0.39 is 27.6 Å². The van der Waals surface area contributed by atoms with E-state index in [0.717, 1.165) is 180 Å². The van der Waals surface area contributed by atoms with Gasteiger partial charge in [0.1, 0.15) is 29.5 Å². The van der Waals surface area contributed by atoms with Gasteiger partial charge in [0, 0.05) is 200 Å². The monoisotopic (exact) mass is 1870 g/mol. The number of rotatable bonds is 21. The highest BCUT2D eigenvalue weighted by Crippen LogP contribution is 2.36. The van der Waals surface area contributed by atoms with E-state index in [1.165, 1.54) is 80.5 Å². The Balaban J connectivity index is 0.000000172. The summed E-state index contributed by atoms with van der Waals surface area (Å²) in [7, 11) is 11.9. The molecule has 2 N–H and O–H groups in total. The van der Waals surface area contributed by atoms with Crippen LogP contribution in [-0.4, -0.2) is 241 Å². The van der Waals surface area contributed by atoms with Crippen molar-refractivity contribution in [1.82, 2.24) is 58.6 Å². The Labute approximate surface area is 791 Å². The number of aromatic carboxylic acids is 1. The Morgan fingerprint density at radius 3 is 1.40 bits per heavy atom. The van der Waals surface area contributed by atoms with Crippen LogP contribution < -0.4 is 5.32 Å². The summed E-state index contributed by atoms with van der Waals surface area (Å²) in [5.41, 5.74) is 22.8. The van der Waals surface area contributed by atoms with Gasteiger partial charge in [-0.05, 0) is 243 Å². The molecule has 0 fully saturated rings. The number of likely N-dealkylation sites (N-methyl/N-ethyl adjacent to an activating group) is 3. The highest BCUT2D eigenvalue weighted by atomic mass is 16.6. The Morgan fingerprint density at radius 2 is 0.890 bits per heavy atom. The number of nitro groups is 2. The summed E-state index contributed by atoms with van der Waals surface area (Å²) in [5.74, 6) is -3.83. The van der Waals surface area contributed by atoms with Crippen molar-refractivity contribution in [2.75, 3.05) is 120 Å². The average molecular weight is 1870 g/mol. The maximum Gasteiger partial charge on any atom is 0.374 e. The van der Waals surface area contributed by atoms with E-state index in [1.54, 1.807) is 66.8 Å². The van der Waals surface area contributed by atoms with Crippen LogP contribution in [0.15, 0.2) is 196 Å². The molecule has 35 nitrogen and oxygen atoms in total. The lowest BCUT2D eigenvalue weighted by Crippen LogP contribution is -2.30. The van der Waals surface area contributed by atoms with Crippen molar-refractivity contribution in [2.24, 2.45) is 21.1 Å². The third-order valence-electron chi connectivity index (χ3n) is 23.4. The minimum Gasteiger partial charge on any atom is -0.477 e. The number of ketones is 1. The van der Waals surface area contributed by atoms with Crippen molar-refractivity contribution in [1.29, 1.82) is 0 Å². The van der Waals surface area contributed by atoms with Crippen molar-refractivity contribution in [3.05, 3.63) is 284 Å². The maximum atomic E-state index is 11.8. The lowest BCUT2D eigenvalue weighted by atomic mass is 10.0. The summed E-state index contributed by atoms with van der Waals surface area (Å²) < 4.78 is 40.1. The van der Waals surface area contributed by atoms with Gasteiger partial charge < -0.3 is 72.0 Å². The SMILES string of the molecule is CCOC(=O)C(=O)Cc1ccncc1[N+](=O)[O-].CCOC(=O)C1=CC2=C(C1)CN(C)CC2.CCOC(=O)C1=CC2=C(C1)CN(Cc1ccccc1)CC2.CCOC(=O)C1=CC2=C(CNCC2)C1.CCOC(=O)C1=Cc2ccncc2C1.CCOC(=O)c1cc2c(n1C)CN(C)CC2.CCOC(=O)c1cc2ccncc2n1C.CN1CCc2cc(C(=O)O)n(C)c2C1.Cc1ccncc1[N+](=O)[O-]. The number of fused-ring (bicyclic) bond motifs is 4. The molecule has 0 spiro atoms. The van der Waals surface area contributed by atoms with Crippen LogP contribution in [-0.2, 0) is 128 Å². The van der Waals surface area contributed by atoms with Gasteiger partial charge in [-0.3, -0.25) is 49.9 Å². The number of aryl methyl sites for hydroxylation is 2. The number of Topliss-reactive ketones (excluding diaryl/α,β-unsaturated/α-hetero) is 1. The number of benzene rings is 1. The van der Waals surface area contributed by atoms with Crippen molar-refractivity contribution in [3.63, 3.8) is 0 Å². The van der Waals surface area contributed by atoms with Gasteiger partial charge >= 0.3 is 47.8 Å². The number of nitrogens with zero attached hydrogens (tertiary/aromatic N) is 13.